The smallest absolute Gasteiger partial charge is 0.117 e. The van der Waals surface area contributed by atoms with Crippen LogP contribution in [-0.2, 0) is 26.1 Å². The molecule has 0 atom stereocenters. The van der Waals surface area contributed by atoms with E-state index in [9.17, 15) is 5.11 Å². The van der Waals surface area contributed by atoms with E-state index in [1.165, 1.54) is 16.8 Å². The maximum atomic E-state index is 9.90. The molecule has 0 saturated carbocycles. The maximum Gasteiger partial charge on any atom is 0.117 e. The van der Waals surface area contributed by atoms with Crippen LogP contribution in [0.3, 0.4) is 0 Å². The predicted octanol–water partition coefficient (Wildman–Crippen LogP) is 8.05. The van der Waals surface area contributed by atoms with Crippen LogP contribution in [0.2, 0.25) is 5.02 Å². The Balaban J connectivity index is 1.61. The van der Waals surface area contributed by atoms with Gasteiger partial charge in [-0.2, -0.15) is 5.10 Å². The van der Waals surface area contributed by atoms with Crippen molar-refractivity contribution in [2.24, 2.45) is 0 Å². The van der Waals surface area contributed by atoms with E-state index in [1.54, 1.807) is 12.1 Å². The van der Waals surface area contributed by atoms with Gasteiger partial charge in [-0.3, -0.25) is 4.90 Å². The van der Waals surface area contributed by atoms with E-state index in [0.29, 0.717) is 18.1 Å². The summed E-state index contributed by atoms with van der Waals surface area (Å²) < 4.78 is 2.12. The van der Waals surface area contributed by atoms with Gasteiger partial charge in [-0.25, -0.2) is 4.68 Å². The Morgan fingerprint density at radius 1 is 0.789 bits per heavy atom. The maximum absolute atomic E-state index is 9.90. The molecule has 0 spiro atoms. The number of rotatable bonds is 10. The lowest BCUT2D eigenvalue weighted by atomic mass is 10.0. The third-order valence-corrected chi connectivity index (χ3v) is 7.04. The van der Waals surface area contributed by atoms with Crippen LogP contribution in [0.15, 0.2) is 109 Å². The molecule has 5 aromatic rings. The second kappa shape index (κ2) is 12.1. The number of nitrogens with zero attached hydrogens (tertiary/aromatic N) is 3. The van der Waals surface area contributed by atoms with Crippen LogP contribution >= 0.6 is 11.6 Å². The lowest BCUT2D eigenvalue weighted by molar-refractivity contribution is 0.247. The number of para-hydroxylation sites is 1. The lowest BCUT2D eigenvalue weighted by Gasteiger charge is -2.24. The van der Waals surface area contributed by atoms with E-state index >= 15 is 0 Å². The number of benzene rings is 4. The van der Waals surface area contributed by atoms with Crippen molar-refractivity contribution in [1.29, 1.82) is 0 Å². The molecule has 5 rings (SSSR count). The van der Waals surface area contributed by atoms with Gasteiger partial charge in [-0.05, 0) is 41.8 Å². The SMILES string of the molecule is CCCc1c(CN(Cc2ccccc2)Cc2ccc(O)cc2Cl)c(-c2ccccc2)nn1-c1ccccc1. The van der Waals surface area contributed by atoms with E-state index in [2.05, 4.69) is 89.3 Å². The van der Waals surface area contributed by atoms with Gasteiger partial charge in [0.2, 0.25) is 0 Å². The molecule has 0 fully saturated rings. The van der Waals surface area contributed by atoms with Crippen molar-refractivity contribution >= 4 is 11.6 Å². The Labute approximate surface area is 229 Å². The predicted molar refractivity (Wildman–Crippen MR) is 156 cm³/mol. The number of phenolic OH excluding ortho intramolecular Hbond substituents is 1. The molecular weight excluding hydrogens is 490 g/mol. The van der Waals surface area contributed by atoms with Crippen LogP contribution in [0, 0.1) is 0 Å². The molecule has 0 saturated heterocycles. The van der Waals surface area contributed by atoms with Crippen molar-refractivity contribution in [1.82, 2.24) is 14.7 Å². The van der Waals surface area contributed by atoms with Crippen molar-refractivity contribution in [2.75, 3.05) is 0 Å². The molecule has 0 aliphatic carbocycles. The highest BCUT2D eigenvalue weighted by molar-refractivity contribution is 6.31. The van der Waals surface area contributed by atoms with Gasteiger partial charge in [0.25, 0.3) is 0 Å². The van der Waals surface area contributed by atoms with Crippen LogP contribution < -0.4 is 0 Å². The number of aromatic nitrogens is 2. The highest BCUT2D eigenvalue weighted by Crippen LogP contribution is 2.31. The average Bonchev–Trinajstić information content (AvgIpc) is 3.29. The number of aromatic hydroxyl groups is 1. The van der Waals surface area contributed by atoms with Gasteiger partial charge in [0.1, 0.15) is 5.75 Å². The largest absolute Gasteiger partial charge is 0.508 e. The van der Waals surface area contributed by atoms with Crippen molar-refractivity contribution in [2.45, 2.75) is 39.4 Å². The molecule has 0 aliphatic rings. The molecular formula is C33H32ClN3O. The summed E-state index contributed by atoms with van der Waals surface area (Å²) in [6, 6.07) is 36.6. The fraction of sp³-hybridized carbons (Fsp3) is 0.182. The Kier molecular flexibility index (Phi) is 8.22. The first-order valence-electron chi connectivity index (χ1n) is 13.1. The van der Waals surface area contributed by atoms with Crippen molar-refractivity contribution in [3.8, 4) is 22.7 Å². The molecule has 0 amide bonds. The summed E-state index contributed by atoms with van der Waals surface area (Å²) in [6.45, 7) is 4.32. The van der Waals surface area contributed by atoms with E-state index in [0.717, 1.165) is 41.9 Å². The number of halogens is 1. The summed E-state index contributed by atoms with van der Waals surface area (Å²) in [5.41, 5.74) is 7.85. The molecule has 1 aromatic heterocycles. The third kappa shape index (κ3) is 5.99. The lowest BCUT2D eigenvalue weighted by Crippen LogP contribution is -2.23. The molecule has 4 aromatic carbocycles. The van der Waals surface area contributed by atoms with E-state index in [4.69, 9.17) is 16.7 Å². The highest BCUT2D eigenvalue weighted by atomic mass is 35.5. The fourth-order valence-electron chi connectivity index (χ4n) is 4.89. The van der Waals surface area contributed by atoms with Crippen LogP contribution in [0.1, 0.15) is 35.7 Å². The Morgan fingerprint density at radius 3 is 2.11 bits per heavy atom. The van der Waals surface area contributed by atoms with Gasteiger partial charge >= 0.3 is 0 Å². The standard InChI is InChI=1S/C33H32ClN3O/c1-2-12-32-30(33(26-15-8-4-9-16-26)35-37(32)28-17-10-5-11-18-28)24-36(22-25-13-6-3-7-14-25)23-27-19-20-29(38)21-31(27)34/h3-11,13-21,38H,2,12,22-24H2,1H3. The molecule has 4 nitrogen and oxygen atoms in total. The molecule has 38 heavy (non-hydrogen) atoms. The van der Waals surface area contributed by atoms with Gasteiger partial charge in [-0.15, -0.1) is 0 Å². The number of phenols is 1. The van der Waals surface area contributed by atoms with Crippen LogP contribution in [0.25, 0.3) is 16.9 Å². The zero-order valence-electron chi connectivity index (χ0n) is 21.6. The summed E-state index contributed by atoms with van der Waals surface area (Å²) in [4.78, 5) is 2.41. The molecule has 0 bridgehead atoms. The average molecular weight is 522 g/mol. The van der Waals surface area contributed by atoms with E-state index < -0.39 is 0 Å². The third-order valence-electron chi connectivity index (χ3n) is 6.69. The summed E-state index contributed by atoms with van der Waals surface area (Å²) >= 11 is 6.57. The molecule has 5 heteroatoms. The van der Waals surface area contributed by atoms with E-state index in [-0.39, 0.29) is 5.75 Å². The summed E-state index contributed by atoms with van der Waals surface area (Å²) in [6.07, 6.45) is 1.94. The zero-order valence-corrected chi connectivity index (χ0v) is 22.4. The number of hydrogen-bond acceptors (Lipinski definition) is 3. The fourth-order valence-corrected chi connectivity index (χ4v) is 5.13. The second-order valence-corrected chi connectivity index (χ2v) is 9.95. The van der Waals surface area contributed by atoms with Gasteiger partial charge < -0.3 is 5.11 Å². The minimum Gasteiger partial charge on any atom is -0.508 e. The van der Waals surface area contributed by atoms with Gasteiger partial charge in [0, 0.05) is 41.5 Å². The normalized spacial score (nSPS) is 11.2. The van der Waals surface area contributed by atoms with Crippen molar-refractivity contribution in [3.63, 3.8) is 0 Å². The highest BCUT2D eigenvalue weighted by Gasteiger charge is 2.22. The minimum atomic E-state index is 0.175. The summed E-state index contributed by atoms with van der Waals surface area (Å²) in [5.74, 6) is 0.175. The second-order valence-electron chi connectivity index (χ2n) is 9.54. The Morgan fingerprint density at radius 2 is 1.45 bits per heavy atom. The minimum absolute atomic E-state index is 0.175. The Hall–Kier alpha value is -3.86. The van der Waals surface area contributed by atoms with Crippen LogP contribution in [-0.4, -0.2) is 19.8 Å². The van der Waals surface area contributed by atoms with Crippen molar-refractivity contribution in [3.05, 3.63) is 137 Å². The molecule has 0 unspecified atom stereocenters. The van der Waals surface area contributed by atoms with Crippen LogP contribution in [0.5, 0.6) is 5.75 Å². The van der Waals surface area contributed by atoms with E-state index in [1.807, 2.05) is 24.3 Å². The van der Waals surface area contributed by atoms with Crippen LogP contribution in [0.4, 0.5) is 0 Å². The molecule has 1 heterocycles. The quantitative estimate of drug-likeness (QED) is 0.202. The molecule has 1 N–H and O–H groups in total. The van der Waals surface area contributed by atoms with Crippen molar-refractivity contribution < 1.29 is 5.11 Å². The monoisotopic (exact) mass is 521 g/mol. The molecule has 0 radical (unpaired) electrons. The summed E-state index contributed by atoms with van der Waals surface area (Å²) in [7, 11) is 0. The first-order valence-corrected chi connectivity index (χ1v) is 13.5. The first kappa shape index (κ1) is 25.8. The van der Waals surface area contributed by atoms with Gasteiger partial charge in [-0.1, -0.05) is 110 Å². The Bertz CT molecular complexity index is 1470. The molecule has 0 aliphatic heterocycles. The van der Waals surface area contributed by atoms with Gasteiger partial charge in [0.05, 0.1) is 11.4 Å². The topological polar surface area (TPSA) is 41.3 Å². The zero-order chi connectivity index (χ0) is 26.3. The number of hydrogen-bond donors (Lipinski definition) is 1. The van der Waals surface area contributed by atoms with Gasteiger partial charge in [0.15, 0.2) is 0 Å². The molecule has 192 valence electrons. The first-order chi connectivity index (χ1) is 18.6. The summed E-state index contributed by atoms with van der Waals surface area (Å²) in [5, 5.41) is 15.7.